The van der Waals surface area contributed by atoms with E-state index in [0.29, 0.717) is 9.90 Å². The van der Waals surface area contributed by atoms with Crippen LogP contribution in [0.15, 0.2) is 34.9 Å². The van der Waals surface area contributed by atoms with Gasteiger partial charge in [0.2, 0.25) is 0 Å². The number of hydrogen-bond donors (Lipinski definition) is 1. The minimum Gasteiger partial charge on any atom is -0.361 e. The van der Waals surface area contributed by atoms with Crippen LogP contribution in [0, 0.1) is 20.8 Å². The summed E-state index contributed by atoms with van der Waals surface area (Å²) in [6, 6.07) is 9.11. The van der Waals surface area contributed by atoms with Crippen LogP contribution in [0.2, 0.25) is 5.02 Å². The van der Waals surface area contributed by atoms with Crippen molar-refractivity contribution < 1.29 is 9.32 Å². The van der Waals surface area contributed by atoms with Crippen molar-refractivity contribution in [2.45, 2.75) is 20.8 Å². The molecule has 0 saturated carbocycles. The predicted octanol–water partition coefficient (Wildman–Crippen LogP) is 5.23. The molecule has 1 N–H and O–H groups in total. The normalized spacial score (nSPS) is 10.8. The number of nitrogens with zero attached hydrogens (tertiary/aromatic N) is 1. The summed E-state index contributed by atoms with van der Waals surface area (Å²) in [5, 5.41) is 7.52. The van der Waals surface area contributed by atoms with Crippen LogP contribution < -0.4 is 5.32 Å². The summed E-state index contributed by atoms with van der Waals surface area (Å²) in [5.74, 6) is 0.614. The van der Waals surface area contributed by atoms with Gasteiger partial charge in [-0.15, -0.1) is 11.3 Å². The van der Waals surface area contributed by atoms with E-state index in [1.807, 2.05) is 39.0 Å². The maximum atomic E-state index is 12.4. The molecule has 0 fully saturated rings. The molecule has 0 aliphatic rings. The maximum absolute atomic E-state index is 12.4. The lowest BCUT2D eigenvalue weighted by molar-refractivity contribution is 0.103. The van der Waals surface area contributed by atoms with Crippen molar-refractivity contribution in [1.29, 1.82) is 0 Å². The highest BCUT2D eigenvalue weighted by atomic mass is 35.5. The zero-order valence-electron chi connectivity index (χ0n) is 12.9. The van der Waals surface area contributed by atoms with Gasteiger partial charge in [0, 0.05) is 15.6 Å². The number of benzene rings is 1. The third kappa shape index (κ3) is 3.16. The van der Waals surface area contributed by atoms with Crippen LogP contribution in [0.3, 0.4) is 0 Å². The Hall–Kier alpha value is -2.11. The quantitative estimate of drug-likeness (QED) is 0.706. The van der Waals surface area contributed by atoms with Gasteiger partial charge in [0.1, 0.15) is 5.76 Å². The van der Waals surface area contributed by atoms with Crippen LogP contribution in [-0.4, -0.2) is 11.1 Å². The highest BCUT2D eigenvalue weighted by Gasteiger charge is 2.16. The summed E-state index contributed by atoms with van der Waals surface area (Å²) >= 11 is 7.35. The Morgan fingerprint density at radius 1 is 1.22 bits per heavy atom. The first-order valence-electron chi connectivity index (χ1n) is 7.06. The van der Waals surface area contributed by atoms with Crippen LogP contribution in [0.1, 0.15) is 26.7 Å². The Morgan fingerprint density at radius 2 is 2.00 bits per heavy atom. The fourth-order valence-corrected chi connectivity index (χ4v) is 3.65. The fraction of sp³-hybridized carbons (Fsp3) is 0.176. The molecule has 3 aromatic rings. The van der Waals surface area contributed by atoms with Crippen LogP contribution in [0.4, 0.5) is 5.69 Å². The molecule has 0 aliphatic carbocycles. The van der Waals surface area contributed by atoms with Gasteiger partial charge >= 0.3 is 0 Å². The predicted molar refractivity (Wildman–Crippen MR) is 93.4 cm³/mol. The number of carbonyl (C=O) groups is 1. The number of amides is 1. The smallest absolute Gasteiger partial charge is 0.265 e. The average Bonchev–Trinajstić information content (AvgIpc) is 3.09. The van der Waals surface area contributed by atoms with Crippen LogP contribution in [-0.2, 0) is 0 Å². The highest BCUT2D eigenvalue weighted by Crippen LogP contribution is 2.33. The molecule has 2 heterocycles. The number of aryl methyl sites for hydroxylation is 3. The van der Waals surface area contributed by atoms with Crippen molar-refractivity contribution in [2.24, 2.45) is 0 Å². The molecule has 4 nitrogen and oxygen atoms in total. The molecule has 0 aliphatic heterocycles. The molecule has 2 aromatic heterocycles. The molecule has 6 heteroatoms. The molecule has 3 rings (SSSR count). The second-order valence-electron chi connectivity index (χ2n) is 5.28. The Labute approximate surface area is 143 Å². The van der Waals surface area contributed by atoms with Crippen molar-refractivity contribution in [1.82, 2.24) is 5.16 Å². The maximum Gasteiger partial charge on any atom is 0.265 e. The van der Waals surface area contributed by atoms with Gasteiger partial charge in [-0.25, -0.2) is 0 Å². The van der Waals surface area contributed by atoms with Crippen molar-refractivity contribution in [3.05, 3.63) is 57.2 Å². The Morgan fingerprint density at radius 3 is 2.65 bits per heavy atom. The largest absolute Gasteiger partial charge is 0.361 e. The molecular formula is C17H15ClN2O2S. The first-order chi connectivity index (χ1) is 11.0. The average molecular weight is 347 g/mol. The summed E-state index contributed by atoms with van der Waals surface area (Å²) in [6.07, 6.45) is 0. The molecule has 0 unspecified atom stereocenters. The molecule has 23 heavy (non-hydrogen) atoms. The van der Waals surface area contributed by atoms with Gasteiger partial charge in [-0.05, 0) is 56.7 Å². The minimum absolute atomic E-state index is 0.140. The lowest BCUT2D eigenvalue weighted by Crippen LogP contribution is -2.10. The van der Waals surface area contributed by atoms with E-state index in [9.17, 15) is 4.79 Å². The Kier molecular flexibility index (Phi) is 4.24. The van der Waals surface area contributed by atoms with Crippen molar-refractivity contribution in [3.8, 4) is 10.4 Å². The molecule has 0 atom stereocenters. The molecule has 1 aromatic carbocycles. The van der Waals surface area contributed by atoms with E-state index in [-0.39, 0.29) is 5.91 Å². The van der Waals surface area contributed by atoms with Gasteiger partial charge in [-0.1, -0.05) is 16.8 Å². The lowest BCUT2D eigenvalue weighted by atomic mass is 10.2. The minimum atomic E-state index is -0.140. The van der Waals surface area contributed by atoms with Crippen LogP contribution >= 0.6 is 22.9 Å². The number of rotatable bonds is 3. The van der Waals surface area contributed by atoms with Crippen LogP contribution in [0.5, 0.6) is 0 Å². The number of hydrogen-bond acceptors (Lipinski definition) is 4. The fourth-order valence-electron chi connectivity index (χ4n) is 2.38. The van der Waals surface area contributed by atoms with Crippen molar-refractivity contribution in [3.63, 3.8) is 0 Å². The molecule has 0 radical (unpaired) electrons. The van der Waals surface area contributed by atoms with Gasteiger partial charge in [0.15, 0.2) is 0 Å². The standard InChI is InChI=1S/C17H15ClN2O2S/c1-9-8-12(18)4-5-13(9)19-17(21)15-7-6-14(23-15)16-10(2)20-22-11(16)3/h4-8H,1-3H3,(H,19,21). The van der Waals surface area contributed by atoms with E-state index in [1.165, 1.54) is 11.3 Å². The van der Waals surface area contributed by atoms with E-state index in [2.05, 4.69) is 10.5 Å². The van der Waals surface area contributed by atoms with E-state index >= 15 is 0 Å². The van der Waals surface area contributed by atoms with Gasteiger partial charge in [-0.3, -0.25) is 4.79 Å². The SMILES string of the molecule is Cc1cc(Cl)ccc1NC(=O)c1ccc(-c2c(C)noc2C)s1. The Balaban J connectivity index is 1.84. The van der Waals surface area contributed by atoms with Gasteiger partial charge in [-0.2, -0.15) is 0 Å². The van der Waals surface area contributed by atoms with Crippen molar-refractivity contribution in [2.75, 3.05) is 5.32 Å². The zero-order chi connectivity index (χ0) is 16.6. The topological polar surface area (TPSA) is 55.1 Å². The van der Waals surface area contributed by atoms with Gasteiger partial charge in [0.25, 0.3) is 5.91 Å². The van der Waals surface area contributed by atoms with Crippen molar-refractivity contribution >= 4 is 34.5 Å². The summed E-state index contributed by atoms with van der Waals surface area (Å²) in [7, 11) is 0. The number of halogens is 1. The number of nitrogens with one attached hydrogen (secondary N) is 1. The van der Waals surface area contributed by atoms with Gasteiger partial charge in [0.05, 0.1) is 16.1 Å². The molecule has 0 spiro atoms. The second kappa shape index (κ2) is 6.18. The molecular weight excluding hydrogens is 332 g/mol. The number of carbonyl (C=O) groups excluding carboxylic acids is 1. The van der Waals surface area contributed by atoms with E-state index in [4.69, 9.17) is 16.1 Å². The third-order valence-electron chi connectivity index (χ3n) is 3.55. The monoisotopic (exact) mass is 346 g/mol. The molecule has 1 amide bonds. The van der Waals surface area contributed by atoms with Gasteiger partial charge < -0.3 is 9.84 Å². The number of anilines is 1. The third-order valence-corrected chi connectivity index (χ3v) is 4.88. The summed E-state index contributed by atoms with van der Waals surface area (Å²) in [5.41, 5.74) is 3.46. The number of aromatic nitrogens is 1. The highest BCUT2D eigenvalue weighted by molar-refractivity contribution is 7.17. The Bertz CT molecular complexity index is 863. The van der Waals surface area contributed by atoms with E-state index in [0.717, 1.165) is 33.1 Å². The van der Waals surface area contributed by atoms with Crippen LogP contribution in [0.25, 0.3) is 10.4 Å². The zero-order valence-corrected chi connectivity index (χ0v) is 14.5. The first kappa shape index (κ1) is 15.8. The van der Waals surface area contributed by atoms with E-state index < -0.39 is 0 Å². The molecule has 0 saturated heterocycles. The lowest BCUT2D eigenvalue weighted by Gasteiger charge is -2.07. The number of thiophene rings is 1. The summed E-state index contributed by atoms with van der Waals surface area (Å²) in [6.45, 7) is 5.67. The summed E-state index contributed by atoms with van der Waals surface area (Å²) in [4.78, 5) is 14.0. The molecule has 0 bridgehead atoms. The van der Waals surface area contributed by atoms with E-state index in [1.54, 1.807) is 12.1 Å². The summed E-state index contributed by atoms with van der Waals surface area (Å²) < 4.78 is 5.19. The first-order valence-corrected chi connectivity index (χ1v) is 8.25. The second-order valence-corrected chi connectivity index (χ2v) is 6.80. The molecule has 118 valence electrons.